The van der Waals surface area contributed by atoms with Gasteiger partial charge < -0.3 is 46.9 Å². The van der Waals surface area contributed by atoms with Crippen molar-refractivity contribution in [3.63, 3.8) is 0 Å². The lowest BCUT2D eigenvalue weighted by Crippen LogP contribution is -2.47. The molecule has 0 unspecified atom stereocenters. The third-order valence-corrected chi connectivity index (χ3v) is 11.0. The van der Waals surface area contributed by atoms with Gasteiger partial charge in [0.15, 0.2) is 0 Å². The number of piperidine rings is 1. The van der Waals surface area contributed by atoms with Gasteiger partial charge >= 0.3 is 5.97 Å². The van der Waals surface area contributed by atoms with E-state index >= 15 is 0 Å². The first kappa shape index (κ1) is 45.9. The largest absolute Gasteiger partial charge is 0.465 e. The highest BCUT2D eigenvalue weighted by Crippen LogP contribution is 2.25. The van der Waals surface area contributed by atoms with E-state index in [-0.39, 0.29) is 51.0 Å². The number of hydrogen-bond acceptors (Lipinski definition) is 14. The van der Waals surface area contributed by atoms with Gasteiger partial charge in [-0.15, -0.1) is 0 Å². The number of rotatable bonds is 25. The second-order valence-electron chi connectivity index (χ2n) is 15.6. The molecule has 0 spiro atoms. The number of likely N-dealkylation sites (tertiary alicyclic amines) is 1. The van der Waals surface area contributed by atoms with Gasteiger partial charge in [-0.05, 0) is 89.2 Å². The number of nitrogens with zero attached hydrogens (tertiary/aromatic N) is 5. The molecule has 0 bridgehead atoms. The molecule has 326 valence electrons. The van der Waals surface area contributed by atoms with Gasteiger partial charge in [0.1, 0.15) is 12.4 Å². The van der Waals surface area contributed by atoms with Crippen LogP contribution in [0, 0.1) is 5.53 Å². The first-order chi connectivity index (χ1) is 29.3. The van der Waals surface area contributed by atoms with Crippen LogP contribution >= 0.6 is 0 Å². The van der Waals surface area contributed by atoms with Crippen molar-refractivity contribution < 1.29 is 19.1 Å². The molecule has 2 aliphatic rings. The molecule has 1 aliphatic heterocycles. The number of para-hydroxylation sites is 1. The Morgan fingerprint density at radius 1 is 0.950 bits per heavy atom. The van der Waals surface area contributed by atoms with Crippen molar-refractivity contribution in [1.82, 2.24) is 35.7 Å². The molecule has 16 nitrogen and oxygen atoms in total. The fraction of sp³-hybridized carbons (Fsp3) is 0.568. The van der Waals surface area contributed by atoms with Crippen molar-refractivity contribution in [3.8, 4) is 0 Å². The molecular weight excluding hydrogens is 761 g/mol. The van der Waals surface area contributed by atoms with Crippen LogP contribution in [0.4, 0.5) is 11.8 Å². The van der Waals surface area contributed by atoms with Crippen LogP contribution in [0.1, 0.15) is 83.1 Å². The zero-order valence-electron chi connectivity index (χ0n) is 35.3. The van der Waals surface area contributed by atoms with Gasteiger partial charge in [0.05, 0.1) is 30.4 Å². The molecule has 60 heavy (non-hydrogen) atoms. The molecule has 2 fully saturated rings. The third kappa shape index (κ3) is 15.4. The first-order valence-corrected chi connectivity index (χ1v) is 21.9. The summed E-state index contributed by atoms with van der Waals surface area (Å²) in [5, 5.41) is 21.9. The van der Waals surface area contributed by atoms with Gasteiger partial charge in [-0.1, -0.05) is 61.7 Å². The number of esters is 1. The predicted octanol–water partition coefficient (Wildman–Crippen LogP) is 4.90. The Labute approximate surface area is 354 Å². The van der Waals surface area contributed by atoms with Crippen LogP contribution in [0.25, 0.3) is 10.9 Å². The Morgan fingerprint density at radius 2 is 1.68 bits per heavy atom. The number of carbonyl (C=O) groups is 3. The van der Waals surface area contributed by atoms with Crippen molar-refractivity contribution in [3.05, 3.63) is 72.1 Å². The molecule has 0 radical (unpaired) electrons. The number of ether oxygens (including phenoxy) is 1. The van der Waals surface area contributed by atoms with E-state index in [0.717, 1.165) is 55.5 Å². The van der Waals surface area contributed by atoms with E-state index in [1.165, 1.54) is 37.0 Å². The van der Waals surface area contributed by atoms with E-state index in [0.29, 0.717) is 49.4 Å². The molecular formula is C44H66N12O4. The zero-order chi connectivity index (χ0) is 42.4. The summed E-state index contributed by atoms with van der Waals surface area (Å²) in [6.07, 6.45) is 12.3. The molecule has 1 atom stereocenters. The summed E-state index contributed by atoms with van der Waals surface area (Å²) >= 11 is 0. The van der Waals surface area contributed by atoms with Crippen molar-refractivity contribution in [1.29, 1.82) is 5.53 Å². The number of anilines is 2. The van der Waals surface area contributed by atoms with Crippen LogP contribution in [0.15, 0.2) is 71.6 Å². The smallest absolute Gasteiger partial charge is 0.325 e. The average Bonchev–Trinajstić information content (AvgIpc) is 3.27. The lowest BCUT2D eigenvalue weighted by Gasteiger charge is -2.33. The van der Waals surface area contributed by atoms with E-state index in [1.807, 2.05) is 59.5 Å². The van der Waals surface area contributed by atoms with E-state index < -0.39 is 17.9 Å². The highest BCUT2D eigenvalue weighted by molar-refractivity contribution is 5.90. The van der Waals surface area contributed by atoms with Crippen LogP contribution in [-0.4, -0.2) is 115 Å². The average molecular weight is 827 g/mol. The van der Waals surface area contributed by atoms with Crippen molar-refractivity contribution in [2.24, 2.45) is 10.8 Å². The second kappa shape index (κ2) is 25.4. The van der Waals surface area contributed by atoms with Gasteiger partial charge in [-0.2, -0.15) is 10.1 Å². The summed E-state index contributed by atoms with van der Waals surface area (Å²) in [7, 11) is 0. The number of aromatic nitrogens is 2. The van der Waals surface area contributed by atoms with Crippen molar-refractivity contribution in [2.45, 2.75) is 102 Å². The molecule has 8 N–H and O–H groups in total. The lowest BCUT2D eigenvalue weighted by atomic mass is 9.95. The molecule has 2 heterocycles. The van der Waals surface area contributed by atoms with E-state index in [9.17, 15) is 14.4 Å². The van der Waals surface area contributed by atoms with Gasteiger partial charge in [0.2, 0.25) is 17.8 Å². The molecule has 1 aromatic heterocycles. The summed E-state index contributed by atoms with van der Waals surface area (Å²) < 4.78 is 5.09. The summed E-state index contributed by atoms with van der Waals surface area (Å²) in [6.45, 7) is 7.11. The van der Waals surface area contributed by atoms with Gasteiger partial charge in [-0.3, -0.25) is 14.4 Å². The summed E-state index contributed by atoms with van der Waals surface area (Å²) in [4.78, 5) is 51.7. The molecule has 16 heteroatoms. The first-order valence-electron chi connectivity index (χ1n) is 21.9. The number of benzene rings is 2. The molecule has 1 saturated carbocycles. The van der Waals surface area contributed by atoms with Crippen LogP contribution in [-0.2, 0) is 25.7 Å². The van der Waals surface area contributed by atoms with E-state index in [1.54, 1.807) is 13.1 Å². The molecule has 5 rings (SSSR count). The van der Waals surface area contributed by atoms with E-state index in [4.69, 9.17) is 26.0 Å². The SMILES string of the molecule is CCOC(=O)CN(Cc1ccccc1)C(=O)[C@@H](N)CCC(=O)N1CCC(Nc2nc(NC/C(=C/NCCCNCCCNC3CCCCC3)N=N)nc3ccccc23)CC1. The van der Waals surface area contributed by atoms with Crippen LogP contribution in [0.5, 0.6) is 0 Å². The number of nitrogens with one attached hydrogen (secondary N) is 6. The topological polar surface area (TPSA) is 215 Å². The van der Waals surface area contributed by atoms with Crippen molar-refractivity contribution in [2.75, 3.05) is 69.6 Å². The van der Waals surface area contributed by atoms with Crippen LogP contribution in [0.3, 0.4) is 0 Å². The molecule has 1 saturated heterocycles. The van der Waals surface area contributed by atoms with Gasteiger partial charge in [-0.25, -0.2) is 10.5 Å². The highest BCUT2D eigenvalue weighted by Gasteiger charge is 2.27. The maximum Gasteiger partial charge on any atom is 0.325 e. The molecule has 2 amide bonds. The normalized spacial score (nSPS) is 15.6. The predicted molar refractivity (Wildman–Crippen MR) is 235 cm³/mol. The molecule has 2 aromatic carbocycles. The fourth-order valence-corrected chi connectivity index (χ4v) is 7.65. The maximum atomic E-state index is 13.4. The third-order valence-electron chi connectivity index (χ3n) is 11.0. The Balaban J connectivity index is 1.03. The molecule has 3 aromatic rings. The standard InChI is InChI=1S/C44H66N12O4/c1-2-60-41(58)32-56(31-33-13-5-3-6-14-33)43(59)38(45)19-20-40(57)55-27-21-35(22-28-55)51-42-37-17-9-10-18-39(37)52-44(53-42)50-30-36(54-46)29-48-25-11-23-47-24-12-26-49-34-15-7-4-8-16-34/h3,5-6,9-10,13-14,17-18,29,34-35,38,46-49H,2,4,7-8,11-12,15-16,19-28,30-32,45H2,1H3,(H2,50,51,52,53)/b36-29-,54-46?/t38-/m0/s1. The monoisotopic (exact) mass is 827 g/mol. The number of fused-ring (bicyclic) bond motifs is 1. The Bertz CT molecular complexity index is 1820. The van der Waals surface area contributed by atoms with Crippen LogP contribution in [0.2, 0.25) is 0 Å². The minimum Gasteiger partial charge on any atom is -0.465 e. The zero-order valence-corrected chi connectivity index (χ0v) is 35.3. The fourth-order valence-electron chi connectivity index (χ4n) is 7.65. The number of carbonyl (C=O) groups excluding carboxylic acids is 3. The Morgan fingerprint density at radius 3 is 2.43 bits per heavy atom. The Hall–Kier alpha value is -5.19. The maximum absolute atomic E-state index is 13.4. The van der Waals surface area contributed by atoms with Gasteiger partial charge in [0.25, 0.3) is 0 Å². The van der Waals surface area contributed by atoms with E-state index in [2.05, 4.69) is 31.7 Å². The quantitative estimate of drug-likeness (QED) is 0.0345. The highest BCUT2D eigenvalue weighted by atomic mass is 16.5. The number of nitrogens with two attached hydrogens (primary N) is 1. The summed E-state index contributed by atoms with van der Waals surface area (Å²) in [5.74, 6) is 0.170. The molecule has 1 aliphatic carbocycles. The number of amides is 2. The summed E-state index contributed by atoms with van der Waals surface area (Å²) in [6, 6.07) is 17.1. The number of hydrogen-bond donors (Lipinski definition) is 7. The van der Waals surface area contributed by atoms with Gasteiger partial charge in [0, 0.05) is 56.3 Å². The van der Waals surface area contributed by atoms with Crippen molar-refractivity contribution >= 4 is 40.5 Å². The lowest BCUT2D eigenvalue weighted by molar-refractivity contribution is -0.150. The Kier molecular flexibility index (Phi) is 19.5. The minimum absolute atomic E-state index is 0.0569. The minimum atomic E-state index is -0.932. The summed E-state index contributed by atoms with van der Waals surface area (Å²) in [5.41, 5.74) is 16.2. The van der Waals surface area contributed by atoms with Crippen LogP contribution < -0.4 is 32.3 Å². The second-order valence-corrected chi connectivity index (χ2v) is 15.6.